The van der Waals surface area contributed by atoms with Crippen LogP contribution < -0.4 is 5.43 Å². The summed E-state index contributed by atoms with van der Waals surface area (Å²) in [6.07, 6.45) is -1.57. The molecular formula is C18H24F3N3O2. The van der Waals surface area contributed by atoms with Crippen molar-refractivity contribution in [3.05, 3.63) is 29.8 Å². The van der Waals surface area contributed by atoms with Gasteiger partial charge in [-0.25, -0.2) is 4.79 Å². The van der Waals surface area contributed by atoms with E-state index >= 15 is 0 Å². The largest absolute Gasteiger partial charge is 0.460 e. The van der Waals surface area contributed by atoms with Gasteiger partial charge in [0.2, 0.25) is 5.84 Å². The number of nitrogens with zero attached hydrogens (tertiary/aromatic N) is 2. The zero-order valence-electron chi connectivity index (χ0n) is 15.1. The summed E-state index contributed by atoms with van der Waals surface area (Å²) < 4.78 is 43.6. The van der Waals surface area contributed by atoms with E-state index in [1.54, 1.807) is 6.92 Å². The highest BCUT2D eigenvalue weighted by Crippen LogP contribution is 2.30. The van der Waals surface area contributed by atoms with E-state index in [0.717, 1.165) is 31.4 Å². The average molecular weight is 371 g/mol. The summed E-state index contributed by atoms with van der Waals surface area (Å²) in [4.78, 5) is 14.2. The molecule has 1 aromatic carbocycles. The van der Waals surface area contributed by atoms with Gasteiger partial charge in [-0.15, -0.1) is 5.10 Å². The highest BCUT2D eigenvalue weighted by molar-refractivity contribution is 6.35. The first kappa shape index (κ1) is 20.1. The molecule has 0 bridgehead atoms. The molecule has 2 unspecified atom stereocenters. The lowest BCUT2D eigenvalue weighted by atomic mass is 9.97. The number of benzene rings is 1. The lowest BCUT2D eigenvalue weighted by molar-refractivity contribution is -0.138. The number of carbonyl (C=O) groups excluding carboxylic acids is 1. The molecule has 8 heteroatoms. The van der Waals surface area contributed by atoms with Gasteiger partial charge in [0.15, 0.2) is 0 Å². The molecule has 1 fully saturated rings. The molecule has 0 saturated carbocycles. The van der Waals surface area contributed by atoms with E-state index in [4.69, 9.17) is 4.74 Å². The van der Waals surface area contributed by atoms with Crippen LogP contribution in [-0.2, 0) is 15.7 Å². The van der Waals surface area contributed by atoms with Crippen LogP contribution >= 0.6 is 0 Å². The first-order valence-corrected chi connectivity index (χ1v) is 8.70. The van der Waals surface area contributed by atoms with Gasteiger partial charge in [-0.3, -0.25) is 5.43 Å². The number of rotatable bonds is 3. The van der Waals surface area contributed by atoms with Crippen LogP contribution in [0.4, 0.5) is 18.9 Å². The monoisotopic (exact) mass is 371 g/mol. The molecular weight excluding hydrogens is 347 g/mol. The number of hydrazone groups is 1. The van der Waals surface area contributed by atoms with Crippen molar-refractivity contribution >= 4 is 17.5 Å². The quantitative estimate of drug-likeness (QED) is 0.373. The fourth-order valence-corrected chi connectivity index (χ4v) is 3.13. The second-order valence-corrected chi connectivity index (χ2v) is 6.38. The van der Waals surface area contributed by atoms with Crippen LogP contribution in [0.15, 0.2) is 29.4 Å². The normalized spacial score (nSPS) is 21.5. The molecule has 0 aliphatic carbocycles. The Kier molecular flexibility index (Phi) is 6.50. The maximum absolute atomic E-state index is 12.8. The number of likely N-dealkylation sites (tertiary alicyclic amines) is 1. The summed E-state index contributed by atoms with van der Waals surface area (Å²) in [5, 5.41) is 4.11. The number of piperidine rings is 1. The number of anilines is 1. The number of alkyl halides is 3. The standard InChI is InChI=1S/C18H24F3N3O2/c1-4-26-17(25)16(24-12(2)7-5-8-13(24)3)23-22-15-10-6-9-14(11-15)18(19,20)21/h6,9-13,22H,4-5,7-8H2,1-3H3/b23-16-. The number of esters is 1. The van der Waals surface area contributed by atoms with Crippen molar-refractivity contribution in [2.24, 2.45) is 5.10 Å². The van der Waals surface area contributed by atoms with Gasteiger partial charge in [0.1, 0.15) is 0 Å². The molecule has 26 heavy (non-hydrogen) atoms. The Labute approximate surface area is 151 Å². The predicted molar refractivity (Wildman–Crippen MR) is 93.7 cm³/mol. The van der Waals surface area contributed by atoms with Gasteiger partial charge in [-0.2, -0.15) is 13.2 Å². The Hall–Kier alpha value is -2.25. The topological polar surface area (TPSA) is 53.9 Å². The molecule has 1 N–H and O–H groups in total. The fraction of sp³-hybridized carbons (Fsp3) is 0.556. The van der Waals surface area contributed by atoms with Crippen LogP contribution in [0.2, 0.25) is 0 Å². The fourth-order valence-electron chi connectivity index (χ4n) is 3.13. The number of amidine groups is 1. The molecule has 1 aromatic rings. The molecule has 2 atom stereocenters. The van der Waals surface area contributed by atoms with Crippen molar-refractivity contribution < 1.29 is 22.7 Å². The lowest BCUT2D eigenvalue weighted by Gasteiger charge is -2.40. The third-order valence-electron chi connectivity index (χ3n) is 4.38. The van der Waals surface area contributed by atoms with Crippen LogP contribution in [0.25, 0.3) is 0 Å². The molecule has 0 spiro atoms. The van der Waals surface area contributed by atoms with Crippen LogP contribution in [0.5, 0.6) is 0 Å². The van der Waals surface area contributed by atoms with Gasteiger partial charge in [0.05, 0.1) is 17.9 Å². The van der Waals surface area contributed by atoms with Gasteiger partial charge in [-0.05, 0) is 58.2 Å². The number of nitrogens with one attached hydrogen (secondary N) is 1. The summed E-state index contributed by atoms with van der Waals surface area (Å²) in [7, 11) is 0. The van der Waals surface area contributed by atoms with Crippen molar-refractivity contribution in [3.63, 3.8) is 0 Å². The SMILES string of the molecule is CCOC(=O)/C(=N/Nc1cccc(C(F)(F)F)c1)N1C(C)CCCC1C. The minimum Gasteiger partial charge on any atom is -0.460 e. The minimum atomic E-state index is -4.44. The Balaban J connectivity index is 2.29. The van der Waals surface area contributed by atoms with E-state index in [0.29, 0.717) is 0 Å². The third-order valence-corrected chi connectivity index (χ3v) is 4.38. The van der Waals surface area contributed by atoms with Gasteiger partial charge < -0.3 is 9.64 Å². The van der Waals surface area contributed by atoms with Crippen molar-refractivity contribution in [1.82, 2.24) is 4.90 Å². The smallest absolute Gasteiger partial charge is 0.416 e. The van der Waals surface area contributed by atoms with Crippen molar-refractivity contribution in [1.29, 1.82) is 0 Å². The van der Waals surface area contributed by atoms with Gasteiger partial charge in [0, 0.05) is 12.1 Å². The van der Waals surface area contributed by atoms with Crippen molar-refractivity contribution in [3.8, 4) is 0 Å². The highest BCUT2D eigenvalue weighted by atomic mass is 19.4. The predicted octanol–water partition coefficient (Wildman–Crippen LogP) is 4.26. The molecule has 2 rings (SSSR count). The number of hydrogen-bond donors (Lipinski definition) is 1. The number of halogens is 3. The second kappa shape index (κ2) is 8.42. The first-order chi connectivity index (χ1) is 12.2. The molecule has 0 aromatic heterocycles. The maximum atomic E-state index is 12.8. The lowest BCUT2D eigenvalue weighted by Crippen LogP contribution is -2.51. The molecule has 0 amide bonds. The molecule has 1 aliphatic heterocycles. The summed E-state index contributed by atoms with van der Waals surface area (Å²) in [6.45, 7) is 5.88. The van der Waals surface area contributed by atoms with Crippen LogP contribution in [0, 0.1) is 0 Å². The molecule has 0 radical (unpaired) electrons. The van der Waals surface area contributed by atoms with Crippen LogP contribution in [0.3, 0.4) is 0 Å². The van der Waals surface area contributed by atoms with Gasteiger partial charge in [0.25, 0.3) is 0 Å². The maximum Gasteiger partial charge on any atom is 0.416 e. The van der Waals surface area contributed by atoms with Crippen molar-refractivity contribution in [2.45, 2.75) is 58.3 Å². The molecule has 144 valence electrons. The molecule has 5 nitrogen and oxygen atoms in total. The van der Waals surface area contributed by atoms with E-state index in [2.05, 4.69) is 10.5 Å². The van der Waals surface area contributed by atoms with E-state index in [1.165, 1.54) is 12.1 Å². The van der Waals surface area contributed by atoms with Crippen molar-refractivity contribution in [2.75, 3.05) is 12.0 Å². The first-order valence-electron chi connectivity index (χ1n) is 8.70. The summed E-state index contributed by atoms with van der Waals surface area (Å²) in [5.74, 6) is -0.503. The summed E-state index contributed by atoms with van der Waals surface area (Å²) in [5.41, 5.74) is 1.95. The zero-order valence-corrected chi connectivity index (χ0v) is 15.1. The van der Waals surface area contributed by atoms with E-state index in [9.17, 15) is 18.0 Å². The summed E-state index contributed by atoms with van der Waals surface area (Å²) >= 11 is 0. The van der Waals surface area contributed by atoms with Crippen LogP contribution in [0.1, 0.15) is 45.6 Å². The Morgan fingerprint density at radius 3 is 2.54 bits per heavy atom. The Bertz CT molecular complexity index is 651. The number of carbonyl (C=O) groups is 1. The van der Waals surface area contributed by atoms with Crippen LogP contribution in [-0.4, -0.2) is 35.4 Å². The zero-order chi connectivity index (χ0) is 19.3. The average Bonchev–Trinajstić information content (AvgIpc) is 2.57. The Morgan fingerprint density at radius 1 is 1.31 bits per heavy atom. The minimum absolute atomic E-state index is 0.0870. The second-order valence-electron chi connectivity index (χ2n) is 6.38. The molecule has 1 heterocycles. The molecule has 1 saturated heterocycles. The highest BCUT2D eigenvalue weighted by Gasteiger charge is 2.33. The van der Waals surface area contributed by atoms with Gasteiger partial charge in [-0.1, -0.05) is 6.07 Å². The number of hydrogen-bond acceptors (Lipinski definition) is 4. The third kappa shape index (κ3) is 4.89. The van der Waals surface area contributed by atoms with E-state index < -0.39 is 17.7 Å². The van der Waals surface area contributed by atoms with E-state index in [-0.39, 0.29) is 30.2 Å². The summed E-state index contributed by atoms with van der Waals surface area (Å²) in [6, 6.07) is 4.86. The molecule has 1 aliphatic rings. The number of ether oxygens (including phenoxy) is 1. The van der Waals surface area contributed by atoms with E-state index in [1.807, 2.05) is 18.7 Å². The van der Waals surface area contributed by atoms with Gasteiger partial charge >= 0.3 is 12.1 Å². The Morgan fingerprint density at radius 2 is 1.96 bits per heavy atom.